The number of hydrogen-bond donors (Lipinski definition) is 1. The predicted octanol–water partition coefficient (Wildman–Crippen LogP) is 3.33. The van der Waals surface area contributed by atoms with Gasteiger partial charge in [0, 0.05) is 11.8 Å². The molecule has 0 atom stereocenters. The Kier molecular flexibility index (Phi) is 6.04. The van der Waals surface area contributed by atoms with E-state index in [0.29, 0.717) is 23.6 Å². The number of ether oxygens (including phenoxy) is 1. The molecule has 0 aliphatic carbocycles. The Morgan fingerprint density at radius 2 is 1.83 bits per heavy atom. The minimum atomic E-state index is -3.39. The van der Waals surface area contributed by atoms with Crippen LogP contribution in [0.5, 0.6) is 5.75 Å². The summed E-state index contributed by atoms with van der Waals surface area (Å²) in [6.45, 7) is 0.326. The van der Waals surface area contributed by atoms with Crippen LogP contribution in [0.3, 0.4) is 0 Å². The highest BCUT2D eigenvalue weighted by atomic mass is 32.2. The summed E-state index contributed by atoms with van der Waals surface area (Å²) in [6, 6.07) is 14.2. The number of hydrogen-bond acceptors (Lipinski definition) is 6. The Hall–Kier alpha value is -3.52. The zero-order valence-electron chi connectivity index (χ0n) is 15.5. The molecule has 0 saturated heterocycles. The highest BCUT2D eigenvalue weighted by molar-refractivity contribution is 7.90. The largest absolute Gasteiger partial charge is 0.488 e. The fourth-order valence-electron chi connectivity index (χ4n) is 2.46. The lowest BCUT2D eigenvalue weighted by molar-refractivity contribution is 0.0690. The molecule has 0 bridgehead atoms. The lowest BCUT2D eigenvalue weighted by atomic mass is 10.1. The molecule has 0 radical (unpaired) electrons. The lowest BCUT2D eigenvalue weighted by Crippen LogP contribution is -2.01. The van der Waals surface area contributed by atoms with Gasteiger partial charge in [-0.15, -0.1) is 0 Å². The topological polar surface area (TPSA) is 106 Å². The average molecular weight is 410 g/mol. The van der Waals surface area contributed by atoms with Gasteiger partial charge in [-0.25, -0.2) is 18.2 Å². The van der Waals surface area contributed by atoms with Gasteiger partial charge in [-0.1, -0.05) is 30.3 Å². The van der Waals surface area contributed by atoms with Gasteiger partial charge in [0.15, 0.2) is 15.5 Å². The summed E-state index contributed by atoms with van der Waals surface area (Å²) in [5, 5.41) is 8.89. The van der Waals surface area contributed by atoms with Gasteiger partial charge in [0.1, 0.15) is 12.4 Å². The first-order valence-corrected chi connectivity index (χ1v) is 10.5. The number of rotatable bonds is 7. The van der Waals surface area contributed by atoms with Crippen molar-refractivity contribution in [2.75, 3.05) is 6.26 Å². The Bertz CT molecular complexity index is 1140. The number of carboxylic acids is 1. The number of sulfone groups is 1. The average Bonchev–Trinajstić information content (AvgIpc) is 2.71. The molecular weight excluding hydrogens is 392 g/mol. The third-order valence-corrected chi connectivity index (χ3v) is 5.08. The molecule has 7 nitrogen and oxygen atoms in total. The maximum absolute atomic E-state index is 11.9. The molecule has 0 fully saturated rings. The van der Waals surface area contributed by atoms with E-state index < -0.39 is 15.8 Å². The standard InChI is InChI=1S/C21H18N2O5S/c1-29(26,27)18-9-10-20(28-14-15-5-3-2-4-6-15)16(11-18)7-8-17-12-23-19(13-22-17)21(24)25/h2-13H,14H2,1H3,(H,24,25). The molecule has 148 valence electrons. The van der Waals surface area contributed by atoms with Crippen molar-refractivity contribution >= 4 is 28.0 Å². The monoisotopic (exact) mass is 410 g/mol. The van der Waals surface area contributed by atoms with Crippen LogP contribution in [0.25, 0.3) is 12.2 Å². The van der Waals surface area contributed by atoms with Gasteiger partial charge in [-0.3, -0.25) is 4.98 Å². The van der Waals surface area contributed by atoms with Crippen LogP contribution in [0.2, 0.25) is 0 Å². The third kappa shape index (κ3) is 5.49. The number of aromatic nitrogens is 2. The molecule has 8 heteroatoms. The number of benzene rings is 2. The second-order valence-electron chi connectivity index (χ2n) is 6.21. The number of carboxylic acid groups (broad SMARTS) is 1. The second-order valence-corrected chi connectivity index (χ2v) is 8.23. The van der Waals surface area contributed by atoms with Gasteiger partial charge in [0.05, 0.1) is 23.0 Å². The molecule has 1 heterocycles. The summed E-state index contributed by atoms with van der Waals surface area (Å²) in [4.78, 5) is 18.9. The van der Waals surface area contributed by atoms with Crippen LogP contribution in [0.15, 0.2) is 65.8 Å². The predicted molar refractivity (Wildman–Crippen MR) is 108 cm³/mol. The Morgan fingerprint density at radius 3 is 2.45 bits per heavy atom. The van der Waals surface area contributed by atoms with E-state index in [0.717, 1.165) is 18.0 Å². The summed E-state index contributed by atoms with van der Waals surface area (Å²) in [6.07, 6.45) is 6.87. The normalized spacial score (nSPS) is 11.5. The van der Waals surface area contributed by atoms with Crippen molar-refractivity contribution in [1.29, 1.82) is 0 Å². The molecule has 0 amide bonds. The summed E-state index contributed by atoms with van der Waals surface area (Å²) < 4.78 is 29.7. The summed E-state index contributed by atoms with van der Waals surface area (Å²) in [5.74, 6) is -0.655. The van der Waals surface area contributed by atoms with E-state index in [1.807, 2.05) is 30.3 Å². The highest BCUT2D eigenvalue weighted by Crippen LogP contribution is 2.25. The van der Waals surface area contributed by atoms with Gasteiger partial charge in [0.2, 0.25) is 0 Å². The molecule has 3 rings (SSSR count). The van der Waals surface area contributed by atoms with Crippen molar-refractivity contribution in [3.05, 3.63) is 83.4 Å². The molecular formula is C21H18N2O5S. The van der Waals surface area contributed by atoms with Crippen LogP contribution in [0.1, 0.15) is 27.3 Å². The first-order valence-electron chi connectivity index (χ1n) is 8.57. The Balaban J connectivity index is 1.89. The van der Waals surface area contributed by atoms with E-state index in [9.17, 15) is 13.2 Å². The molecule has 0 aliphatic heterocycles. The summed E-state index contributed by atoms with van der Waals surface area (Å²) >= 11 is 0. The molecule has 29 heavy (non-hydrogen) atoms. The van der Waals surface area contributed by atoms with Gasteiger partial charge in [0.25, 0.3) is 0 Å². The van der Waals surface area contributed by atoms with Gasteiger partial charge < -0.3 is 9.84 Å². The lowest BCUT2D eigenvalue weighted by Gasteiger charge is -2.11. The molecule has 1 N–H and O–H groups in total. The van der Waals surface area contributed by atoms with Gasteiger partial charge >= 0.3 is 5.97 Å². The minimum absolute atomic E-state index is 0.159. The van der Waals surface area contributed by atoms with Crippen LogP contribution in [0.4, 0.5) is 0 Å². The van der Waals surface area contributed by atoms with Crippen molar-refractivity contribution < 1.29 is 23.1 Å². The van der Waals surface area contributed by atoms with Crippen molar-refractivity contribution in [2.24, 2.45) is 0 Å². The molecule has 3 aromatic rings. The third-order valence-electron chi connectivity index (χ3n) is 3.97. The minimum Gasteiger partial charge on any atom is -0.488 e. The van der Waals surface area contributed by atoms with Crippen molar-refractivity contribution in [1.82, 2.24) is 9.97 Å². The van der Waals surface area contributed by atoms with E-state index in [1.54, 1.807) is 18.2 Å². The first-order chi connectivity index (χ1) is 13.8. The molecule has 0 saturated carbocycles. The highest BCUT2D eigenvalue weighted by Gasteiger charge is 2.11. The molecule has 0 unspecified atom stereocenters. The number of aromatic carboxylic acids is 1. The van der Waals surface area contributed by atoms with Crippen LogP contribution < -0.4 is 4.74 Å². The van der Waals surface area contributed by atoms with E-state index >= 15 is 0 Å². The Labute approximate surface area is 168 Å². The number of nitrogens with zero attached hydrogens (tertiary/aromatic N) is 2. The Morgan fingerprint density at radius 1 is 1.07 bits per heavy atom. The second kappa shape index (κ2) is 8.66. The number of carbonyl (C=O) groups is 1. The van der Waals surface area contributed by atoms with Gasteiger partial charge in [-0.2, -0.15) is 0 Å². The van der Waals surface area contributed by atoms with Crippen LogP contribution >= 0.6 is 0 Å². The van der Waals surface area contributed by atoms with E-state index in [2.05, 4.69) is 9.97 Å². The fraction of sp³-hybridized carbons (Fsp3) is 0.0952. The fourth-order valence-corrected chi connectivity index (χ4v) is 3.12. The van der Waals surface area contributed by atoms with E-state index in [-0.39, 0.29) is 10.6 Å². The maximum Gasteiger partial charge on any atom is 0.356 e. The van der Waals surface area contributed by atoms with Crippen LogP contribution in [0, 0.1) is 0 Å². The van der Waals surface area contributed by atoms with Crippen molar-refractivity contribution in [3.63, 3.8) is 0 Å². The summed E-state index contributed by atoms with van der Waals surface area (Å²) in [7, 11) is -3.39. The summed E-state index contributed by atoms with van der Waals surface area (Å²) in [5.41, 5.74) is 1.79. The molecule has 2 aromatic carbocycles. The SMILES string of the molecule is CS(=O)(=O)c1ccc(OCc2ccccc2)c(C=Cc2cnc(C(=O)O)cn2)c1. The first kappa shape index (κ1) is 20.2. The molecule has 1 aromatic heterocycles. The van der Waals surface area contributed by atoms with E-state index in [1.165, 1.54) is 18.3 Å². The van der Waals surface area contributed by atoms with Gasteiger partial charge in [-0.05, 0) is 35.9 Å². The van der Waals surface area contributed by atoms with Crippen molar-refractivity contribution in [3.8, 4) is 5.75 Å². The van der Waals surface area contributed by atoms with Crippen molar-refractivity contribution in [2.45, 2.75) is 11.5 Å². The quantitative estimate of drug-likeness (QED) is 0.637. The van der Waals surface area contributed by atoms with E-state index in [4.69, 9.17) is 9.84 Å². The van der Waals surface area contributed by atoms with Crippen LogP contribution in [-0.4, -0.2) is 35.7 Å². The molecule has 0 spiro atoms. The smallest absolute Gasteiger partial charge is 0.356 e. The maximum atomic E-state index is 11.9. The zero-order chi connectivity index (χ0) is 20.9. The van der Waals surface area contributed by atoms with Crippen LogP contribution in [-0.2, 0) is 16.4 Å². The zero-order valence-corrected chi connectivity index (χ0v) is 16.3. The molecule has 0 aliphatic rings.